The molecule has 1 heterocycles. The molecule has 1 unspecified atom stereocenters. The average molecular weight is 479 g/mol. The van der Waals surface area contributed by atoms with Crippen molar-refractivity contribution in [2.75, 3.05) is 10.2 Å². The largest absolute Gasteiger partial charge is 0.325 e. The van der Waals surface area contributed by atoms with Gasteiger partial charge in [0, 0.05) is 5.56 Å². The second kappa shape index (κ2) is 9.81. The van der Waals surface area contributed by atoms with E-state index in [0.29, 0.717) is 22.0 Å². The van der Waals surface area contributed by atoms with Gasteiger partial charge in [0.05, 0.1) is 22.8 Å². The van der Waals surface area contributed by atoms with Crippen molar-refractivity contribution in [3.8, 4) is 0 Å². The number of nitrogens with zero attached hydrogens (tertiary/aromatic N) is 2. The van der Waals surface area contributed by atoms with Gasteiger partial charge >= 0.3 is 0 Å². The number of halogens is 1. The van der Waals surface area contributed by atoms with E-state index in [4.69, 9.17) is 23.8 Å². The lowest BCUT2D eigenvalue weighted by atomic mass is 10.1. The van der Waals surface area contributed by atoms with E-state index in [-0.39, 0.29) is 11.5 Å². The molecule has 1 aliphatic rings. The Labute approximate surface area is 200 Å². The summed E-state index contributed by atoms with van der Waals surface area (Å²) in [6.07, 6.45) is -0.247. The number of hydrogen-bond donors (Lipinski definition) is 2. The molecule has 3 aromatic rings. The van der Waals surface area contributed by atoms with E-state index in [1.807, 2.05) is 6.07 Å². The Kier molecular flexibility index (Phi) is 6.67. The summed E-state index contributed by atoms with van der Waals surface area (Å²) in [6, 6.07) is 23.1. The minimum Gasteiger partial charge on any atom is -0.325 e. The molecule has 0 aromatic heterocycles. The molecule has 1 aliphatic heterocycles. The maximum atomic E-state index is 13.3. The fourth-order valence-corrected chi connectivity index (χ4v) is 3.97. The van der Waals surface area contributed by atoms with Gasteiger partial charge in [-0.25, -0.2) is 5.01 Å². The first-order valence-electron chi connectivity index (χ1n) is 10.1. The van der Waals surface area contributed by atoms with Crippen molar-refractivity contribution in [2.45, 2.75) is 12.5 Å². The molecular formula is C24H19ClN4O3S. The van der Waals surface area contributed by atoms with E-state index in [1.165, 1.54) is 9.91 Å². The number of amides is 3. The van der Waals surface area contributed by atoms with Crippen LogP contribution in [0, 0.1) is 0 Å². The molecule has 0 saturated carbocycles. The van der Waals surface area contributed by atoms with Gasteiger partial charge in [-0.2, -0.15) is 0 Å². The molecule has 0 radical (unpaired) electrons. The van der Waals surface area contributed by atoms with Crippen LogP contribution >= 0.6 is 23.8 Å². The normalized spacial score (nSPS) is 15.5. The number of anilines is 2. The van der Waals surface area contributed by atoms with Crippen LogP contribution < -0.4 is 15.6 Å². The molecule has 3 amide bonds. The van der Waals surface area contributed by atoms with E-state index in [0.717, 1.165) is 0 Å². The lowest BCUT2D eigenvalue weighted by molar-refractivity contribution is -0.124. The van der Waals surface area contributed by atoms with Crippen molar-refractivity contribution in [2.24, 2.45) is 0 Å². The lowest BCUT2D eigenvalue weighted by Crippen LogP contribution is -2.49. The molecule has 0 spiro atoms. The third kappa shape index (κ3) is 4.87. The number of hydrazine groups is 1. The number of carbonyl (C=O) groups excluding carboxylic acids is 3. The summed E-state index contributed by atoms with van der Waals surface area (Å²) in [5, 5.41) is 4.43. The van der Waals surface area contributed by atoms with Crippen LogP contribution in [0.5, 0.6) is 0 Å². The zero-order valence-corrected chi connectivity index (χ0v) is 18.8. The summed E-state index contributed by atoms with van der Waals surface area (Å²) in [5.41, 5.74) is 4.05. The molecular weight excluding hydrogens is 460 g/mol. The number of para-hydroxylation sites is 2. The summed E-state index contributed by atoms with van der Waals surface area (Å²) in [6.45, 7) is 0. The third-order valence-electron chi connectivity index (χ3n) is 5.01. The fourth-order valence-electron chi connectivity index (χ4n) is 3.42. The molecule has 166 valence electrons. The number of rotatable bonds is 6. The second-order valence-electron chi connectivity index (χ2n) is 7.22. The molecule has 0 aliphatic carbocycles. The second-order valence-corrected chi connectivity index (χ2v) is 7.99. The van der Waals surface area contributed by atoms with Gasteiger partial charge < -0.3 is 5.32 Å². The molecule has 2 N–H and O–H groups in total. The molecule has 1 atom stereocenters. The zero-order chi connectivity index (χ0) is 23.4. The van der Waals surface area contributed by atoms with Crippen molar-refractivity contribution >= 4 is 58.0 Å². The van der Waals surface area contributed by atoms with Crippen LogP contribution in [-0.4, -0.2) is 33.9 Å². The van der Waals surface area contributed by atoms with Gasteiger partial charge in [-0.15, -0.1) is 0 Å². The van der Waals surface area contributed by atoms with Crippen LogP contribution in [0.25, 0.3) is 0 Å². The summed E-state index contributed by atoms with van der Waals surface area (Å²) < 4.78 is 0. The number of hydrogen-bond acceptors (Lipinski definition) is 4. The van der Waals surface area contributed by atoms with E-state index in [2.05, 4.69) is 10.7 Å². The van der Waals surface area contributed by atoms with Crippen molar-refractivity contribution < 1.29 is 14.4 Å². The first-order chi connectivity index (χ1) is 16.0. The average Bonchev–Trinajstić information content (AvgIpc) is 3.05. The van der Waals surface area contributed by atoms with Crippen LogP contribution in [0.1, 0.15) is 16.8 Å². The minimum absolute atomic E-state index is 0.0750. The summed E-state index contributed by atoms with van der Waals surface area (Å²) in [5.74, 6) is -1.32. The lowest BCUT2D eigenvalue weighted by Gasteiger charge is -2.24. The van der Waals surface area contributed by atoms with Crippen LogP contribution in [0.4, 0.5) is 11.4 Å². The molecule has 1 fully saturated rings. The molecule has 33 heavy (non-hydrogen) atoms. The third-order valence-corrected chi connectivity index (χ3v) is 5.72. The van der Waals surface area contributed by atoms with Crippen molar-refractivity contribution in [3.63, 3.8) is 0 Å². The first kappa shape index (κ1) is 22.4. The number of benzene rings is 3. The maximum Gasteiger partial charge on any atom is 0.269 e. The van der Waals surface area contributed by atoms with Crippen molar-refractivity contribution in [1.82, 2.24) is 10.4 Å². The Hall–Kier alpha value is -3.75. The number of nitrogens with one attached hydrogen (secondary N) is 2. The smallest absolute Gasteiger partial charge is 0.269 e. The van der Waals surface area contributed by atoms with E-state index < -0.39 is 23.8 Å². The van der Waals surface area contributed by atoms with Crippen molar-refractivity contribution in [1.29, 1.82) is 0 Å². The Morgan fingerprint density at radius 3 is 2.18 bits per heavy atom. The highest BCUT2D eigenvalue weighted by Gasteiger charge is 2.45. The molecule has 4 rings (SSSR count). The van der Waals surface area contributed by atoms with Gasteiger partial charge in [0.25, 0.3) is 11.8 Å². The predicted molar refractivity (Wildman–Crippen MR) is 131 cm³/mol. The molecule has 7 nitrogen and oxygen atoms in total. The van der Waals surface area contributed by atoms with Crippen molar-refractivity contribution in [3.05, 3.63) is 95.5 Å². The highest BCUT2D eigenvalue weighted by atomic mass is 35.5. The molecule has 1 saturated heterocycles. The van der Waals surface area contributed by atoms with Crippen LogP contribution in [0.2, 0.25) is 5.02 Å². The zero-order valence-electron chi connectivity index (χ0n) is 17.3. The molecule has 9 heteroatoms. The highest BCUT2D eigenvalue weighted by molar-refractivity contribution is 7.80. The predicted octanol–water partition coefficient (Wildman–Crippen LogP) is 4.02. The SMILES string of the molecule is O=C(CC1C(=O)N(c2ccccc2)C(=S)N1NC(=O)c1ccccc1)Nc1ccccc1Cl. The maximum absolute atomic E-state index is 13.3. The standard InChI is InChI=1S/C24H19ClN4O3S/c25-18-13-7-8-14-19(18)26-21(30)15-20-23(32)28(17-11-5-2-6-12-17)24(33)29(20)27-22(31)16-9-3-1-4-10-16/h1-14,20H,15H2,(H,26,30)(H,27,31). The van der Waals surface area contributed by atoms with E-state index in [1.54, 1.807) is 78.9 Å². The summed E-state index contributed by atoms with van der Waals surface area (Å²) >= 11 is 11.7. The topological polar surface area (TPSA) is 81.8 Å². The van der Waals surface area contributed by atoms with Gasteiger partial charge in [-0.1, -0.05) is 60.1 Å². The Morgan fingerprint density at radius 1 is 0.909 bits per heavy atom. The Bertz CT molecular complexity index is 1210. The van der Waals surface area contributed by atoms with Crippen LogP contribution in [0.3, 0.4) is 0 Å². The van der Waals surface area contributed by atoms with E-state index in [9.17, 15) is 14.4 Å². The molecule has 0 bridgehead atoms. The van der Waals surface area contributed by atoms with E-state index >= 15 is 0 Å². The minimum atomic E-state index is -1.03. The van der Waals surface area contributed by atoms with Gasteiger partial charge in [0.2, 0.25) is 11.0 Å². The number of thiocarbonyl (C=S) groups is 1. The fraction of sp³-hybridized carbons (Fsp3) is 0.0833. The number of carbonyl (C=O) groups is 3. The Morgan fingerprint density at radius 2 is 1.52 bits per heavy atom. The summed E-state index contributed by atoms with van der Waals surface area (Å²) in [4.78, 5) is 40.2. The highest BCUT2D eigenvalue weighted by Crippen LogP contribution is 2.27. The van der Waals surface area contributed by atoms with Gasteiger partial charge in [-0.05, 0) is 48.6 Å². The van der Waals surface area contributed by atoms with Crippen LogP contribution in [0.15, 0.2) is 84.9 Å². The first-order valence-corrected chi connectivity index (χ1v) is 10.9. The van der Waals surface area contributed by atoms with Gasteiger partial charge in [0.15, 0.2) is 0 Å². The van der Waals surface area contributed by atoms with Crippen LogP contribution in [-0.2, 0) is 9.59 Å². The van der Waals surface area contributed by atoms with Gasteiger partial charge in [-0.3, -0.25) is 24.7 Å². The Balaban J connectivity index is 1.60. The summed E-state index contributed by atoms with van der Waals surface area (Å²) in [7, 11) is 0. The van der Waals surface area contributed by atoms with Gasteiger partial charge in [0.1, 0.15) is 6.04 Å². The monoisotopic (exact) mass is 478 g/mol. The quantitative estimate of drug-likeness (QED) is 0.523. The molecule has 3 aromatic carbocycles.